The van der Waals surface area contributed by atoms with Gasteiger partial charge in [0.25, 0.3) is 0 Å². The van der Waals surface area contributed by atoms with E-state index in [1.54, 1.807) is 0 Å². The van der Waals surface area contributed by atoms with Crippen molar-refractivity contribution in [1.82, 2.24) is 19.5 Å². The first-order valence-corrected chi connectivity index (χ1v) is 8.08. The molecule has 23 heavy (non-hydrogen) atoms. The molecule has 116 valence electrons. The van der Waals surface area contributed by atoms with Crippen LogP contribution in [0.2, 0.25) is 0 Å². The molecule has 0 aliphatic rings. The molecular weight excluding hydrogens is 284 g/mol. The number of para-hydroxylation sites is 4. The lowest BCUT2D eigenvalue weighted by atomic mass is 10.1. The van der Waals surface area contributed by atoms with Crippen LogP contribution in [0.3, 0.4) is 0 Å². The highest BCUT2D eigenvalue weighted by molar-refractivity contribution is 5.77. The third kappa shape index (κ3) is 2.61. The highest BCUT2D eigenvalue weighted by atomic mass is 15.1. The summed E-state index contributed by atoms with van der Waals surface area (Å²) in [5, 5.41) is 0. The van der Waals surface area contributed by atoms with Crippen molar-refractivity contribution in [3.8, 4) is 0 Å². The predicted octanol–water partition coefficient (Wildman–Crippen LogP) is 4.16. The summed E-state index contributed by atoms with van der Waals surface area (Å²) in [4.78, 5) is 13.0. The lowest BCUT2D eigenvalue weighted by molar-refractivity contribution is 0.591. The summed E-state index contributed by atoms with van der Waals surface area (Å²) in [7, 11) is 0. The lowest BCUT2D eigenvalue weighted by Gasteiger charge is -2.09. The van der Waals surface area contributed by atoms with Gasteiger partial charge < -0.3 is 9.55 Å². The summed E-state index contributed by atoms with van der Waals surface area (Å²) in [5.74, 6) is 2.67. The van der Waals surface area contributed by atoms with Crippen LogP contribution in [0.5, 0.6) is 0 Å². The van der Waals surface area contributed by atoms with Gasteiger partial charge in [-0.3, -0.25) is 0 Å². The first-order valence-electron chi connectivity index (χ1n) is 8.08. The molecule has 0 amide bonds. The summed E-state index contributed by atoms with van der Waals surface area (Å²) in [6.07, 6.45) is 0.967. The van der Waals surface area contributed by atoms with E-state index in [0.717, 1.165) is 41.2 Å². The van der Waals surface area contributed by atoms with Crippen molar-refractivity contribution < 1.29 is 0 Å². The summed E-state index contributed by atoms with van der Waals surface area (Å²) in [5.41, 5.74) is 4.32. The largest absolute Gasteiger partial charge is 0.340 e. The van der Waals surface area contributed by atoms with Crippen molar-refractivity contribution in [2.24, 2.45) is 5.92 Å². The molecule has 4 nitrogen and oxygen atoms in total. The maximum absolute atomic E-state index is 4.82. The molecule has 0 saturated heterocycles. The maximum atomic E-state index is 4.82. The van der Waals surface area contributed by atoms with Crippen molar-refractivity contribution in [3.63, 3.8) is 0 Å². The van der Waals surface area contributed by atoms with Crippen molar-refractivity contribution >= 4 is 22.1 Å². The van der Waals surface area contributed by atoms with Crippen molar-refractivity contribution in [1.29, 1.82) is 0 Å². The van der Waals surface area contributed by atoms with Gasteiger partial charge in [0.15, 0.2) is 0 Å². The molecule has 2 aromatic heterocycles. The number of rotatable bonds is 4. The molecule has 0 fully saturated rings. The summed E-state index contributed by atoms with van der Waals surface area (Å²) in [6.45, 7) is 5.17. The van der Waals surface area contributed by atoms with E-state index in [4.69, 9.17) is 9.97 Å². The molecule has 2 aromatic carbocycles. The van der Waals surface area contributed by atoms with Gasteiger partial charge >= 0.3 is 0 Å². The molecule has 0 saturated carbocycles. The highest BCUT2D eigenvalue weighted by Gasteiger charge is 2.13. The Morgan fingerprint density at radius 2 is 1.70 bits per heavy atom. The van der Waals surface area contributed by atoms with Crippen molar-refractivity contribution in [3.05, 3.63) is 60.2 Å². The van der Waals surface area contributed by atoms with E-state index in [9.17, 15) is 0 Å². The van der Waals surface area contributed by atoms with Crippen molar-refractivity contribution in [2.75, 3.05) is 0 Å². The number of imidazole rings is 2. The van der Waals surface area contributed by atoms with E-state index >= 15 is 0 Å². The molecule has 4 aromatic rings. The Bertz CT molecular complexity index is 929. The summed E-state index contributed by atoms with van der Waals surface area (Å²) < 4.78 is 2.28. The first kappa shape index (κ1) is 14.0. The van der Waals surface area contributed by atoms with Crippen LogP contribution in [0.15, 0.2) is 48.5 Å². The number of nitrogens with zero attached hydrogens (tertiary/aromatic N) is 3. The summed E-state index contributed by atoms with van der Waals surface area (Å²) >= 11 is 0. The molecule has 0 bridgehead atoms. The zero-order chi connectivity index (χ0) is 15.8. The molecule has 4 heteroatoms. The topological polar surface area (TPSA) is 46.5 Å². The fourth-order valence-electron chi connectivity index (χ4n) is 3.05. The molecule has 1 N–H and O–H groups in total. The number of aromatic nitrogens is 4. The quantitative estimate of drug-likeness (QED) is 0.615. The van der Waals surface area contributed by atoms with E-state index in [-0.39, 0.29) is 0 Å². The standard InChI is InChI=1S/C19H20N4/c1-13(2)11-19-22-16-9-5-6-10-17(16)23(19)12-18-20-14-7-3-4-8-15(14)21-18/h3-10,13H,11-12H2,1-2H3,(H,20,21). The Balaban J connectivity index is 1.80. The minimum atomic E-state index is 0.571. The third-order valence-corrected chi connectivity index (χ3v) is 4.07. The fourth-order valence-corrected chi connectivity index (χ4v) is 3.05. The average Bonchev–Trinajstić information content (AvgIpc) is 3.08. The Morgan fingerprint density at radius 1 is 0.957 bits per heavy atom. The second-order valence-electron chi connectivity index (χ2n) is 6.40. The van der Waals surface area contributed by atoms with Crippen LogP contribution in [0.4, 0.5) is 0 Å². The van der Waals surface area contributed by atoms with Gasteiger partial charge in [-0.2, -0.15) is 0 Å². The van der Waals surface area contributed by atoms with E-state index in [0.29, 0.717) is 5.92 Å². The zero-order valence-corrected chi connectivity index (χ0v) is 13.5. The van der Waals surface area contributed by atoms with E-state index in [1.165, 1.54) is 5.52 Å². The Hall–Kier alpha value is -2.62. The SMILES string of the molecule is CC(C)Cc1nc2ccccc2n1Cc1nc2ccccc2[nH]1. The number of benzene rings is 2. The number of H-pyrrole nitrogens is 1. The first-order chi connectivity index (χ1) is 11.2. The predicted molar refractivity (Wildman–Crippen MR) is 93.5 cm³/mol. The number of aromatic amines is 1. The van der Waals surface area contributed by atoms with Crippen LogP contribution in [0.25, 0.3) is 22.1 Å². The maximum Gasteiger partial charge on any atom is 0.127 e. The fraction of sp³-hybridized carbons (Fsp3) is 0.263. The molecule has 0 radical (unpaired) electrons. The average molecular weight is 304 g/mol. The molecule has 0 unspecified atom stereocenters. The van der Waals surface area contributed by atoms with Gasteiger partial charge in [-0.05, 0) is 30.2 Å². The van der Waals surface area contributed by atoms with Crippen LogP contribution in [-0.4, -0.2) is 19.5 Å². The van der Waals surface area contributed by atoms with Gasteiger partial charge in [-0.1, -0.05) is 38.1 Å². The van der Waals surface area contributed by atoms with E-state index < -0.39 is 0 Å². The smallest absolute Gasteiger partial charge is 0.127 e. The molecule has 2 heterocycles. The van der Waals surface area contributed by atoms with E-state index in [2.05, 4.69) is 47.7 Å². The summed E-state index contributed by atoms with van der Waals surface area (Å²) in [6, 6.07) is 16.5. The molecule has 0 aliphatic carbocycles. The van der Waals surface area contributed by atoms with Crippen LogP contribution in [-0.2, 0) is 13.0 Å². The Labute approximate surface area is 135 Å². The van der Waals surface area contributed by atoms with E-state index in [1.807, 2.05) is 24.3 Å². The Kier molecular flexibility index (Phi) is 3.37. The lowest BCUT2D eigenvalue weighted by Crippen LogP contribution is -2.09. The molecule has 0 spiro atoms. The number of hydrogen-bond acceptors (Lipinski definition) is 2. The van der Waals surface area contributed by atoms with Crippen molar-refractivity contribution in [2.45, 2.75) is 26.8 Å². The number of fused-ring (bicyclic) bond motifs is 2. The van der Waals surface area contributed by atoms with Gasteiger partial charge in [0.05, 0.1) is 28.6 Å². The van der Waals surface area contributed by atoms with Gasteiger partial charge in [-0.15, -0.1) is 0 Å². The normalized spacial score (nSPS) is 11.8. The van der Waals surface area contributed by atoms with Crippen LogP contribution < -0.4 is 0 Å². The number of hydrogen-bond donors (Lipinski definition) is 1. The van der Waals surface area contributed by atoms with Gasteiger partial charge in [0.1, 0.15) is 11.6 Å². The van der Waals surface area contributed by atoms with Gasteiger partial charge in [-0.25, -0.2) is 9.97 Å². The third-order valence-electron chi connectivity index (χ3n) is 4.07. The molecule has 0 atom stereocenters. The molecule has 0 aliphatic heterocycles. The zero-order valence-electron chi connectivity index (χ0n) is 13.5. The van der Waals surface area contributed by atoms with Crippen LogP contribution in [0.1, 0.15) is 25.5 Å². The second kappa shape index (κ2) is 5.54. The molecular formula is C19H20N4. The van der Waals surface area contributed by atoms with Crippen LogP contribution >= 0.6 is 0 Å². The number of nitrogens with one attached hydrogen (secondary N) is 1. The van der Waals surface area contributed by atoms with Gasteiger partial charge in [0.2, 0.25) is 0 Å². The van der Waals surface area contributed by atoms with Crippen LogP contribution in [0, 0.1) is 5.92 Å². The monoisotopic (exact) mass is 304 g/mol. The Morgan fingerprint density at radius 3 is 2.48 bits per heavy atom. The minimum Gasteiger partial charge on any atom is -0.340 e. The second-order valence-corrected chi connectivity index (χ2v) is 6.40. The highest BCUT2D eigenvalue weighted by Crippen LogP contribution is 2.20. The van der Waals surface area contributed by atoms with Gasteiger partial charge in [0, 0.05) is 6.42 Å². The molecule has 4 rings (SSSR count). The minimum absolute atomic E-state index is 0.571.